The van der Waals surface area contributed by atoms with Crippen molar-refractivity contribution in [1.82, 2.24) is 0 Å². The van der Waals surface area contributed by atoms with Crippen molar-refractivity contribution in [2.24, 2.45) is 34.5 Å². The van der Waals surface area contributed by atoms with Crippen molar-refractivity contribution in [1.29, 1.82) is 0 Å². The molecule has 4 bridgehead atoms. The van der Waals surface area contributed by atoms with Gasteiger partial charge >= 0.3 is 0 Å². The fraction of sp³-hybridized carbons (Fsp3) is 0.800. The predicted octanol–water partition coefficient (Wildman–Crippen LogP) is 5.62. The van der Waals surface area contributed by atoms with Crippen LogP contribution in [-0.4, -0.2) is 8.41 Å². The molecule has 0 amide bonds. The molecular weight excluding hydrogens is 251 g/mol. The van der Waals surface area contributed by atoms with Gasteiger partial charge in [0.1, 0.15) is 0 Å². The molecule has 0 aromatic heterocycles. The molecule has 4 atom stereocenters. The SMILES string of the molecule is C=C1CCC2CC1C2(C)C.C=C1CCC2C[C@H]1C2(C)C.[B]. The molecule has 0 saturated heterocycles. The summed E-state index contributed by atoms with van der Waals surface area (Å²) >= 11 is 0. The number of hydrogen-bond donors (Lipinski definition) is 0. The first kappa shape index (κ1) is 16.9. The van der Waals surface area contributed by atoms with E-state index in [0.29, 0.717) is 10.8 Å². The average molecular weight is 283 g/mol. The summed E-state index contributed by atoms with van der Waals surface area (Å²) in [5.74, 6) is 3.77. The summed E-state index contributed by atoms with van der Waals surface area (Å²) in [7, 11) is 0. The van der Waals surface area contributed by atoms with Gasteiger partial charge in [0.15, 0.2) is 0 Å². The van der Waals surface area contributed by atoms with E-state index in [1.807, 2.05) is 0 Å². The smallest absolute Gasteiger partial charge is 0 e. The van der Waals surface area contributed by atoms with Gasteiger partial charge in [-0.3, -0.25) is 0 Å². The van der Waals surface area contributed by atoms with Crippen LogP contribution in [0.3, 0.4) is 0 Å². The van der Waals surface area contributed by atoms with E-state index >= 15 is 0 Å². The summed E-state index contributed by atoms with van der Waals surface area (Å²) in [6.45, 7) is 17.9. The summed E-state index contributed by atoms with van der Waals surface area (Å²) in [5.41, 5.74) is 4.25. The molecular formula is C20H32B. The molecule has 115 valence electrons. The molecule has 0 heterocycles. The zero-order valence-electron chi connectivity index (χ0n) is 14.5. The van der Waals surface area contributed by atoms with Gasteiger partial charge in [-0.2, -0.15) is 0 Å². The number of hydrogen-bond acceptors (Lipinski definition) is 0. The lowest BCUT2D eigenvalue weighted by atomic mass is 9.47. The first-order valence-corrected chi connectivity index (χ1v) is 8.60. The maximum absolute atomic E-state index is 4.13. The van der Waals surface area contributed by atoms with Gasteiger partial charge in [-0.15, -0.1) is 0 Å². The Kier molecular flexibility index (Phi) is 4.28. The van der Waals surface area contributed by atoms with Crippen LogP contribution in [0.15, 0.2) is 24.3 Å². The van der Waals surface area contributed by atoms with Crippen LogP contribution in [0, 0.1) is 34.5 Å². The lowest BCUT2D eigenvalue weighted by Crippen LogP contribution is -2.48. The summed E-state index contributed by atoms with van der Waals surface area (Å²) in [5, 5.41) is 0. The maximum atomic E-state index is 4.13. The third kappa shape index (κ3) is 2.45. The monoisotopic (exact) mass is 283 g/mol. The second kappa shape index (κ2) is 5.32. The minimum atomic E-state index is 0. The lowest BCUT2D eigenvalue weighted by Gasteiger charge is -2.57. The molecule has 0 aromatic rings. The van der Waals surface area contributed by atoms with Crippen molar-refractivity contribution in [2.45, 2.75) is 66.2 Å². The Hall–Kier alpha value is -0.455. The molecule has 1 heteroatoms. The van der Waals surface area contributed by atoms with Crippen LogP contribution >= 0.6 is 0 Å². The van der Waals surface area contributed by atoms with Crippen LogP contribution in [0.1, 0.15) is 66.2 Å². The summed E-state index contributed by atoms with van der Waals surface area (Å²) in [6.07, 6.45) is 8.29. The first-order chi connectivity index (χ1) is 9.24. The first-order valence-electron chi connectivity index (χ1n) is 8.60. The Morgan fingerprint density at radius 2 is 1.10 bits per heavy atom. The second-order valence-electron chi connectivity index (χ2n) is 9.01. The average Bonchev–Trinajstić information content (AvgIpc) is 2.38. The summed E-state index contributed by atoms with van der Waals surface area (Å²) < 4.78 is 0. The molecule has 6 fully saturated rings. The number of fused-ring (bicyclic) bond motifs is 4. The van der Waals surface area contributed by atoms with Crippen LogP contribution in [0.25, 0.3) is 0 Å². The van der Waals surface area contributed by atoms with Crippen LogP contribution < -0.4 is 0 Å². The highest BCUT2D eigenvalue weighted by atomic mass is 14.6. The second-order valence-corrected chi connectivity index (χ2v) is 9.01. The van der Waals surface area contributed by atoms with Gasteiger partial charge in [0, 0.05) is 8.41 Å². The molecule has 6 rings (SSSR count). The van der Waals surface area contributed by atoms with Gasteiger partial charge in [0.2, 0.25) is 0 Å². The van der Waals surface area contributed by atoms with E-state index in [-0.39, 0.29) is 8.41 Å². The van der Waals surface area contributed by atoms with Gasteiger partial charge in [0.05, 0.1) is 0 Å². The largest absolute Gasteiger partial charge is 0.0996 e. The molecule has 3 radical (unpaired) electrons. The molecule has 6 aliphatic carbocycles. The highest BCUT2D eigenvalue weighted by Crippen LogP contribution is 2.61. The van der Waals surface area contributed by atoms with Crippen molar-refractivity contribution in [3.8, 4) is 0 Å². The molecule has 6 aliphatic rings. The fourth-order valence-corrected chi connectivity index (χ4v) is 5.47. The highest BCUT2D eigenvalue weighted by Gasteiger charge is 2.52. The van der Waals surface area contributed by atoms with Gasteiger partial charge < -0.3 is 0 Å². The van der Waals surface area contributed by atoms with Crippen molar-refractivity contribution < 1.29 is 0 Å². The Balaban J connectivity index is 0.000000147. The van der Waals surface area contributed by atoms with Crippen LogP contribution in [0.4, 0.5) is 0 Å². The molecule has 0 nitrogen and oxygen atoms in total. The summed E-state index contributed by atoms with van der Waals surface area (Å²) in [4.78, 5) is 0. The molecule has 6 saturated carbocycles. The molecule has 0 spiro atoms. The number of rotatable bonds is 0. The zero-order chi connectivity index (χ0) is 14.7. The molecule has 0 aliphatic heterocycles. The minimum absolute atomic E-state index is 0. The van der Waals surface area contributed by atoms with Crippen molar-refractivity contribution in [3.63, 3.8) is 0 Å². The highest BCUT2D eigenvalue weighted by molar-refractivity contribution is 5.75. The Morgan fingerprint density at radius 3 is 1.24 bits per heavy atom. The predicted molar refractivity (Wildman–Crippen MR) is 93.3 cm³/mol. The molecule has 0 aromatic carbocycles. The molecule has 21 heavy (non-hydrogen) atoms. The van der Waals surface area contributed by atoms with Crippen LogP contribution in [0.5, 0.6) is 0 Å². The lowest BCUT2D eigenvalue weighted by molar-refractivity contribution is -0.0273. The van der Waals surface area contributed by atoms with Gasteiger partial charge in [0.25, 0.3) is 0 Å². The Bertz CT molecular complexity index is 397. The van der Waals surface area contributed by atoms with Gasteiger partial charge in [-0.05, 0) is 73.0 Å². The third-order valence-electron chi connectivity index (χ3n) is 7.55. The minimum Gasteiger partial charge on any atom is -0.0996 e. The van der Waals surface area contributed by atoms with E-state index in [1.54, 1.807) is 0 Å². The topological polar surface area (TPSA) is 0 Å². The van der Waals surface area contributed by atoms with Crippen molar-refractivity contribution >= 4 is 8.41 Å². The van der Waals surface area contributed by atoms with Crippen LogP contribution in [0.2, 0.25) is 0 Å². The number of allylic oxidation sites excluding steroid dienone is 2. The normalized spacial score (nSPS) is 40.8. The van der Waals surface area contributed by atoms with Crippen LogP contribution in [-0.2, 0) is 0 Å². The zero-order valence-corrected chi connectivity index (χ0v) is 14.5. The summed E-state index contributed by atoms with van der Waals surface area (Å²) in [6, 6.07) is 0. The van der Waals surface area contributed by atoms with E-state index in [9.17, 15) is 0 Å². The van der Waals surface area contributed by atoms with E-state index < -0.39 is 0 Å². The fourth-order valence-electron chi connectivity index (χ4n) is 5.47. The molecule has 3 unspecified atom stereocenters. The Morgan fingerprint density at radius 1 is 0.762 bits per heavy atom. The van der Waals surface area contributed by atoms with E-state index in [1.165, 1.54) is 49.7 Å². The van der Waals surface area contributed by atoms with E-state index in [2.05, 4.69) is 40.9 Å². The Labute approximate surface area is 134 Å². The quantitative estimate of drug-likeness (QED) is 0.400. The molecule has 0 N–H and O–H groups in total. The standard InChI is InChI=1S/2C10H16.B/c2*1-7-4-5-8-6-9(7)10(8,2)3;/h2*8-9H,1,4-6H2,2-3H3;/t8?,9-;;/m1../s1. The van der Waals surface area contributed by atoms with Gasteiger partial charge in [-0.25, -0.2) is 0 Å². The van der Waals surface area contributed by atoms with Gasteiger partial charge in [-0.1, -0.05) is 52.0 Å². The third-order valence-corrected chi connectivity index (χ3v) is 7.55. The van der Waals surface area contributed by atoms with E-state index in [4.69, 9.17) is 0 Å². The van der Waals surface area contributed by atoms with Crippen molar-refractivity contribution in [3.05, 3.63) is 24.3 Å². The van der Waals surface area contributed by atoms with Crippen molar-refractivity contribution in [2.75, 3.05) is 0 Å². The van der Waals surface area contributed by atoms with E-state index in [0.717, 1.165) is 23.7 Å². The maximum Gasteiger partial charge on any atom is 0 e.